The summed E-state index contributed by atoms with van der Waals surface area (Å²) in [6.07, 6.45) is 4.33. The molecule has 2 aliphatic heterocycles. The second-order valence-electron chi connectivity index (χ2n) is 2.83. The molecule has 0 aromatic carbocycles. The van der Waals surface area contributed by atoms with Gasteiger partial charge in [0.2, 0.25) is 0 Å². The van der Waals surface area contributed by atoms with E-state index < -0.39 is 4.92 Å². The zero-order valence-electron chi connectivity index (χ0n) is 7.90. The molecule has 2 aliphatic rings. The van der Waals surface area contributed by atoms with E-state index in [1.165, 1.54) is 19.0 Å². The predicted molar refractivity (Wildman–Crippen MR) is 53.0 cm³/mol. The quantitative estimate of drug-likeness (QED) is 0.311. The first-order chi connectivity index (χ1) is 7.66. The lowest BCUT2D eigenvalue weighted by atomic mass is 10.5. The summed E-state index contributed by atoms with van der Waals surface area (Å²) in [4.78, 5) is 21.6. The van der Waals surface area contributed by atoms with E-state index in [1.807, 2.05) is 0 Å². The lowest BCUT2D eigenvalue weighted by Gasteiger charge is -2.03. The molecule has 2 rings (SSSR count). The highest BCUT2D eigenvalue weighted by atomic mass is 32.2. The number of azo groups is 2. The first-order valence-corrected chi connectivity index (χ1v) is 5.03. The summed E-state index contributed by atoms with van der Waals surface area (Å²) in [5, 5.41) is 14.3. The molecule has 0 aromatic heterocycles. The molecule has 0 unspecified atom stereocenters. The summed E-state index contributed by atoms with van der Waals surface area (Å²) >= 11 is 0.985. The summed E-state index contributed by atoms with van der Waals surface area (Å²) in [5.74, 6) is -0.276. The third-order valence-electron chi connectivity index (χ3n) is 1.74. The molecule has 0 spiro atoms. The van der Waals surface area contributed by atoms with Gasteiger partial charge in [-0.1, -0.05) is 4.91 Å². The van der Waals surface area contributed by atoms with E-state index in [1.54, 1.807) is 6.08 Å². The van der Waals surface area contributed by atoms with Crippen molar-refractivity contribution < 1.29 is 19.2 Å². The lowest BCUT2D eigenvalue weighted by Crippen LogP contribution is -2.08. The second kappa shape index (κ2) is 4.37. The number of hydrogen-bond donors (Lipinski definition) is 0. The fourth-order valence-corrected chi connectivity index (χ4v) is 1.71. The molecule has 0 aliphatic carbocycles. The van der Waals surface area contributed by atoms with Gasteiger partial charge in [0.1, 0.15) is 0 Å². The Bertz CT molecular complexity index is 429. The van der Waals surface area contributed by atoms with Crippen molar-refractivity contribution in [1.82, 2.24) is 0 Å². The standard InChI is InChI=1S/C8H6N3O4S/c12-7-4-15-5-10(7)9-3-6-1-2-8(16-6)11(13)14/h1-3,5H,4H2/q-1. The largest absolute Gasteiger partial charge is 0.389 e. The number of rotatable bonds is 2. The molecule has 0 saturated carbocycles. The zero-order valence-corrected chi connectivity index (χ0v) is 8.72. The zero-order chi connectivity index (χ0) is 11.5. The molecule has 0 bridgehead atoms. The van der Waals surface area contributed by atoms with Crippen molar-refractivity contribution in [3.05, 3.63) is 45.5 Å². The van der Waals surface area contributed by atoms with Crippen LogP contribution < -0.4 is 0 Å². The number of thioether (sulfide) groups is 1. The van der Waals surface area contributed by atoms with Crippen LogP contribution in [0, 0.1) is 22.2 Å². The minimum absolute atomic E-state index is 0.0259. The van der Waals surface area contributed by atoms with Gasteiger partial charge in [0.05, 0.1) is 12.8 Å². The maximum atomic E-state index is 11.1. The molecule has 0 aromatic rings. The number of amides is 1. The van der Waals surface area contributed by atoms with Gasteiger partial charge in [-0.3, -0.25) is 10.1 Å². The monoisotopic (exact) mass is 240 g/mol. The first-order valence-electron chi connectivity index (χ1n) is 4.22. The number of carbonyl (C=O) groups excluding carboxylic acids is 1. The minimum Gasteiger partial charge on any atom is -0.389 e. The highest BCUT2D eigenvalue weighted by Crippen LogP contribution is 2.36. The number of nitro groups is 1. The van der Waals surface area contributed by atoms with Gasteiger partial charge in [-0.15, -0.1) is 17.8 Å². The maximum absolute atomic E-state index is 11.1. The Morgan fingerprint density at radius 2 is 2.62 bits per heavy atom. The van der Waals surface area contributed by atoms with Gasteiger partial charge in [0.25, 0.3) is 5.91 Å². The SMILES string of the molecule is O=C1CO[CH-][N+]1=NC=C1C=C[C-]([N+](=O)[O-])S1. The summed E-state index contributed by atoms with van der Waals surface area (Å²) < 4.78 is 5.78. The number of hydrogen-bond acceptors (Lipinski definition) is 6. The van der Waals surface area contributed by atoms with Gasteiger partial charge in [0.15, 0.2) is 12.1 Å². The molecule has 0 N–H and O–H groups in total. The average molecular weight is 240 g/mol. The van der Waals surface area contributed by atoms with E-state index in [4.69, 9.17) is 4.74 Å². The van der Waals surface area contributed by atoms with Crippen molar-refractivity contribution in [1.29, 1.82) is 0 Å². The third-order valence-corrected chi connectivity index (χ3v) is 2.71. The Balaban J connectivity index is 2.03. The van der Waals surface area contributed by atoms with Gasteiger partial charge in [0, 0.05) is 0 Å². The van der Waals surface area contributed by atoms with Crippen molar-refractivity contribution >= 4 is 17.7 Å². The summed E-state index contributed by atoms with van der Waals surface area (Å²) in [6.45, 7) is 1.17. The molecule has 84 valence electrons. The van der Waals surface area contributed by atoms with E-state index in [-0.39, 0.29) is 17.9 Å². The molecular weight excluding hydrogens is 234 g/mol. The summed E-state index contributed by atoms with van der Waals surface area (Å²) in [7, 11) is 0. The van der Waals surface area contributed by atoms with Gasteiger partial charge < -0.3 is 9.53 Å². The van der Waals surface area contributed by atoms with E-state index in [9.17, 15) is 14.9 Å². The molecule has 16 heavy (non-hydrogen) atoms. The Morgan fingerprint density at radius 1 is 1.81 bits per heavy atom. The van der Waals surface area contributed by atoms with Gasteiger partial charge >= 0.3 is 0 Å². The highest BCUT2D eigenvalue weighted by Gasteiger charge is 2.17. The molecular formula is C8H6N3O4S-. The number of carbonyl (C=O) groups is 1. The molecule has 1 amide bonds. The topological polar surface area (TPSA) is 84.8 Å². The van der Waals surface area contributed by atoms with E-state index in [0.717, 1.165) is 16.5 Å². The average Bonchev–Trinajstić information content (AvgIpc) is 2.83. The van der Waals surface area contributed by atoms with Crippen LogP contribution in [0.15, 0.2) is 28.4 Å². The Kier molecular flexibility index (Phi) is 2.93. The summed E-state index contributed by atoms with van der Waals surface area (Å²) in [6, 6.07) is 0. The first kappa shape index (κ1) is 10.7. The smallest absolute Gasteiger partial charge is 0.291 e. The Morgan fingerprint density at radius 3 is 3.19 bits per heavy atom. The fourth-order valence-electron chi connectivity index (χ4n) is 1.02. The van der Waals surface area contributed by atoms with Crippen LogP contribution in [0.1, 0.15) is 0 Å². The molecule has 0 radical (unpaired) electrons. The van der Waals surface area contributed by atoms with E-state index >= 15 is 0 Å². The number of allylic oxidation sites excluding steroid dienone is 1. The van der Waals surface area contributed by atoms with Crippen LogP contribution in [0.5, 0.6) is 0 Å². The van der Waals surface area contributed by atoms with Crippen LogP contribution in [0.2, 0.25) is 0 Å². The Labute approximate surface area is 94.6 Å². The van der Waals surface area contributed by atoms with Crippen molar-refractivity contribution in [3.8, 4) is 0 Å². The number of ether oxygens (including phenoxy) is 1. The van der Waals surface area contributed by atoms with Crippen molar-refractivity contribution in [2.75, 3.05) is 6.61 Å². The maximum Gasteiger partial charge on any atom is 0.291 e. The summed E-state index contributed by atoms with van der Waals surface area (Å²) in [5.41, 5.74) is 0. The minimum atomic E-state index is -0.474. The van der Waals surface area contributed by atoms with Gasteiger partial charge in [-0.2, -0.15) is 10.8 Å². The van der Waals surface area contributed by atoms with Crippen LogP contribution in [-0.4, -0.2) is 22.1 Å². The van der Waals surface area contributed by atoms with Crippen LogP contribution in [-0.2, 0) is 9.53 Å². The van der Waals surface area contributed by atoms with Crippen molar-refractivity contribution in [3.63, 3.8) is 0 Å². The van der Waals surface area contributed by atoms with Crippen molar-refractivity contribution in [2.45, 2.75) is 0 Å². The van der Waals surface area contributed by atoms with Crippen LogP contribution in [0.4, 0.5) is 0 Å². The van der Waals surface area contributed by atoms with Crippen LogP contribution in [0.3, 0.4) is 0 Å². The molecule has 1 fully saturated rings. The molecule has 2 heterocycles. The van der Waals surface area contributed by atoms with E-state index in [0.29, 0.717) is 4.91 Å². The van der Waals surface area contributed by atoms with Crippen molar-refractivity contribution in [2.24, 2.45) is 5.11 Å². The second-order valence-corrected chi connectivity index (χ2v) is 3.93. The third kappa shape index (κ3) is 2.23. The molecule has 8 heteroatoms. The molecule has 0 atom stereocenters. The fraction of sp³-hybridized carbons (Fsp3) is 0.125. The lowest BCUT2D eigenvalue weighted by molar-refractivity contribution is -0.478. The van der Waals surface area contributed by atoms with Gasteiger partial charge in [-0.05, 0) is 10.0 Å². The van der Waals surface area contributed by atoms with E-state index in [2.05, 4.69) is 5.11 Å². The van der Waals surface area contributed by atoms with Crippen LogP contribution >= 0.6 is 11.8 Å². The normalized spacial score (nSPS) is 24.5. The number of nitrogens with zero attached hydrogens (tertiary/aromatic N) is 3. The van der Waals surface area contributed by atoms with Crippen LogP contribution in [0.25, 0.3) is 0 Å². The molecule has 1 saturated heterocycles. The van der Waals surface area contributed by atoms with Gasteiger partial charge in [-0.25, -0.2) is 0 Å². The molecule has 7 nitrogen and oxygen atoms in total. The highest BCUT2D eigenvalue weighted by molar-refractivity contribution is 8.06. The Hall–Kier alpha value is -1.80. The predicted octanol–water partition coefficient (Wildman–Crippen LogP) is 1.04.